The third-order valence-corrected chi connectivity index (χ3v) is 5.60. The first-order valence-corrected chi connectivity index (χ1v) is 8.12. The maximum atomic E-state index is 3.62. The van der Waals surface area contributed by atoms with E-state index in [2.05, 4.69) is 46.1 Å². The van der Waals surface area contributed by atoms with Gasteiger partial charge in [0.05, 0.1) is 0 Å². The molecule has 1 aliphatic heterocycles. The van der Waals surface area contributed by atoms with E-state index >= 15 is 0 Å². The number of hydrogen-bond acceptors (Lipinski definition) is 2. The molecule has 2 rings (SSSR count). The predicted octanol–water partition coefficient (Wildman–Crippen LogP) is 4.09. The molecular weight excluding hydrogens is 282 g/mol. The molecule has 2 atom stereocenters. The number of halogens is 1. The van der Waals surface area contributed by atoms with Gasteiger partial charge in [0.25, 0.3) is 0 Å². The van der Waals surface area contributed by atoms with Gasteiger partial charge in [0.1, 0.15) is 0 Å². The van der Waals surface area contributed by atoms with Crippen molar-refractivity contribution in [2.75, 3.05) is 18.4 Å². The fourth-order valence-electron chi connectivity index (χ4n) is 2.43. The van der Waals surface area contributed by atoms with Crippen LogP contribution in [0.2, 0.25) is 0 Å². The molecule has 0 spiro atoms. The van der Waals surface area contributed by atoms with Crippen molar-refractivity contribution in [3.8, 4) is 0 Å². The van der Waals surface area contributed by atoms with Crippen LogP contribution < -0.4 is 0 Å². The summed E-state index contributed by atoms with van der Waals surface area (Å²) in [5.41, 5.74) is 1.57. The maximum absolute atomic E-state index is 3.62. The van der Waals surface area contributed by atoms with E-state index in [0.717, 1.165) is 11.2 Å². The summed E-state index contributed by atoms with van der Waals surface area (Å²) in [6.45, 7) is 7.11. The van der Waals surface area contributed by atoms with Crippen LogP contribution in [0, 0.1) is 5.92 Å². The second-order valence-corrected chi connectivity index (χ2v) is 6.30. The summed E-state index contributed by atoms with van der Waals surface area (Å²) >= 11 is 5.55. The van der Waals surface area contributed by atoms with Crippen molar-refractivity contribution in [3.05, 3.63) is 21.9 Å². The molecule has 0 saturated heterocycles. The molecule has 16 heavy (non-hydrogen) atoms. The molecule has 0 amide bonds. The topological polar surface area (TPSA) is 3.24 Å². The smallest absolute Gasteiger partial charge is 0.0331 e. The first-order valence-electron chi connectivity index (χ1n) is 6.12. The zero-order chi connectivity index (χ0) is 11.5. The zero-order valence-corrected chi connectivity index (χ0v) is 12.5. The van der Waals surface area contributed by atoms with Gasteiger partial charge in [-0.05, 0) is 36.3 Å². The Labute approximate surface area is 111 Å². The van der Waals surface area contributed by atoms with Crippen LogP contribution in [0.5, 0.6) is 0 Å². The summed E-state index contributed by atoms with van der Waals surface area (Å²) in [5, 5.41) is 3.37. The average molecular weight is 302 g/mol. The normalized spacial score (nSPS) is 23.1. The van der Waals surface area contributed by atoms with E-state index in [0.29, 0.717) is 6.04 Å². The van der Waals surface area contributed by atoms with Crippen LogP contribution in [0.3, 0.4) is 0 Å². The van der Waals surface area contributed by atoms with Crippen LogP contribution in [0.25, 0.3) is 0 Å². The first kappa shape index (κ1) is 12.6. The molecule has 0 radical (unpaired) electrons. The Morgan fingerprint density at radius 3 is 3.12 bits per heavy atom. The summed E-state index contributed by atoms with van der Waals surface area (Å²) < 4.78 is 0. The minimum atomic E-state index is 0.614. The Morgan fingerprint density at radius 1 is 1.62 bits per heavy atom. The van der Waals surface area contributed by atoms with E-state index in [1.807, 2.05) is 11.3 Å². The van der Waals surface area contributed by atoms with E-state index in [1.165, 1.54) is 25.9 Å². The Bertz CT molecular complexity index is 332. The fraction of sp³-hybridized carbons (Fsp3) is 0.692. The number of fused-ring (bicyclic) bond motifs is 1. The molecule has 1 aromatic heterocycles. The molecule has 2 unspecified atom stereocenters. The Morgan fingerprint density at radius 2 is 2.44 bits per heavy atom. The number of alkyl halides is 1. The lowest BCUT2D eigenvalue weighted by Gasteiger charge is -2.35. The van der Waals surface area contributed by atoms with Crippen LogP contribution in [0.4, 0.5) is 0 Å². The van der Waals surface area contributed by atoms with Gasteiger partial charge in [-0.3, -0.25) is 4.90 Å². The van der Waals surface area contributed by atoms with Gasteiger partial charge in [-0.25, -0.2) is 0 Å². The molecule has 0 bridgehead atoms. The fourth-order valence-corrected chi connectivity index (χ4v) is 4.05. The van der Waals surface area contributed by atoms with Crippen LogP contribution in [-0.4, -0.2) is 23.3 Å². The lowest BCUT2D eigenvalue weighted by Crippen LogP contribution is -2.37. The quantitative estimate of drug-likeness (QED) is 0.757. The number of nitrogens with zero attached hydrogens (tertiary/aromatic N) is 1. The van der Waals surface area contributed by atoms with Gasteiger partial charge in [-0.1, -0.05) is 29.3 Å². The predicted molar refractivity (Wildman–Crippen MR) is 75.6 cm³/mol. The molecule has 1 aromatic rings. The molecule has 2 heterocycles. The Hall–Kier alpha value is 0.140. The summed E-state index contributed by atoms with van der Waals surface area (Å²) in [6, 6.07) is 2.93. The third kappa shape index (κ3) is 2.52. The van der Waals surface area contributed by atoms with E-state index in [9.17, 15) is 0 Å². The molecule has 1 aliphatic rings. The minimum absolute atomic E-state index is 0.614. The van der Waals surface area contributed by atoms with E-state index in [4.69, 9.17) is 0 Å². The number of hydrogen-bond donors (Lipinski definition) is 0. The van der Waals surface area contributed by atoms with E-state index < -0.39 is 0 Å². The number of thiophene rings is 1. The Kier molecular flexibility index (Phi) is 4.45. The third-order valence-electron chi connectivity index (χ3n) is 3.69. The molecule has 3 heteroatoms. The van der Waals surface area contributed by atoms with Crippen LogP contribution in [0.15, 0.2) is 11.4 Å². The average Bonchev–Trinajstić information content (AvgIpc) is 2.77. The summed E-state index contributed by atoms with van der Waals surface area (Å²) in [4.78, 5) is 4.25. The number of rotatable bonds is 4. The molecular formula is C13H20BrNS. The first-order chi connectivity index (χ1) is 7.76. The second-order valence-electron chi connectivity index (χ2n) is 4.65. The van der Waals surface area contributed by atoms with Gasteiger partial charge in [-0.2, -0.15) is 0 Å². The van der Waals surface area contributed by atoms with Gasteiger partial charge in [0.15, 0.2) is 0 Å². The SMILES string of the molecule is CCC(CBr)CN1CCc2sccc2C1C. The molecule has 0 N–H and O–H groups in total. The van der Waals surface area contributed by atoms with Crippen molar-refractivity contribution in [1.29, 1.82) is 0 Å². The Balaban J connectivity index is 2.04. The standard InChI is InChI=1S/C13H20BrNS/c1-3-11(8-14)9-15-6-4-13-12(10(15)2)5-7-16-13/h5,7,10-11H,3-4,6,8-9H2,1-2H3. The highest BCUT2D eigenvalue weighted by Crippen LogP contribution is 2.33. The van der Waals surface area contributed by atoms with Crippen molar-refractivity contribution in [2.45, 2.75) is 32.7 Å². The summed E-state index contributed by atoms with van der Waals surface area (Å²) in [5.74, 6) is 0.794. The highest BCUT2D eigenvalue weighted by molar-refractivity contribution is 9.09. The van der Waals surface area contributed by atoms with Gasteiger partial charge >= 0.3 is 0 Å². The molecule has 0 aromatic carbocycles. The molecule has 0 saturated carbocycles. The van der Waals surface area contributed by atoms with Crippen molar-refractivity contribution in [1.82, 2.24) is 4.90 Å². The molecule has 0 fully saturated rings. The molecule has 1 nitrogen and oxygen atoms in total. The maximum Gasteiger partial charge on any atom is 0.0331 e. The highest BCUT2D eigenvalue weighted by atomic mass is 79.9. The summed E-state index contributed by atoms with van der Waals surface area (Å²) in [7, 11) is 0. The van der Waals surface area contributed by atoms with E-state index in [1.54, 1.807) is 10.4 Å². The van der Waals surface area contributed by atoms with Crippen molar-refractivity contribution in [2.24, 2.45) is 5.92 Å². The van der Waals surface area contributed by atoms with Crippen molar-refractivity contribution in [3.63, 3.8) is 0 Å². The minimum Gasteiger partial charge on any atom is -0.296 e. The van der Waals surface area contributed by atoms with Crippen molar-refractivity contribution < 1.29 is 0 Å². The molecule has 90 valence electrons. The lowest BCUT2D eigenvalue weighted by molar-refractivity contribution is 0.173. The van der Waals surface area contributed by atoms with E-state index in [-0.39, 0.29) is 0 Å². The monoisotopic (exact) mass is 301 g/mol. The van der Waals surface area contributed by atoms with Gasteiger partial charge < -0.3 is 0 Å². The van der Waals surface area contributed by atoms with Gasteiger partial charge in [-0.15, -0.1) is 11.3 Å². The highest BCUT2D eigenvalue weighted by Gasteiger charge is 2.25. The molecule has 0 aliphatic carbocycles. The summed E-state index contributed by atoms with van der Waals surface area (Å²) in [6.07, 6.45) is 2.51. The van der Waals surface area contributed by atoms with Crippen LogP contribution >= 0.6 is 27.3 Å². The van der Waals surface area contributed by atoms with Crippen molar-refractivity contribution >= 4 is 27.3 Å². The largest absolute Gasteiger partial charge is 0.296 e. The van der Waals surface area contributed by atoms with Crippen LogP contribution in [0.1, 0.15) is 36.8 Å². The lowest BCUT2D eigenvalue weighted by atomic mass is 9.99. The second kappa shape index (κ2) is 5.65. The zero-order valence-electron chi connectivity index (χ0n) is 10.1. The van der Waals surface area contributed by atoms with Crippen LogP contribution in [-0.2, 0) is 6.42 Å². The van der Waals surface area contributed by atoms with Gasteiger partial charge in [0, 0.05) is 29.3 Å². The van der Waals surface area contributed by atoms with Gasteiger partial charge in [0.2, 0.25) is 0 Å².